The number of esters is 1. The monoisotopic (exact) mass is 464 g/mol. The second-order valence-corrected chi connectivity index (χ2v) is 8.30. The van der Waals surface area contributed by atoms with Crippen LogP contribution < -0.4 is 10.1 Å². The third kappa shape index (κ3) is 5.18. The fourth-order valence-corrected chi connectivity index (χ4v) is 4.22. The molecule has 33 heavy (non-hydrogen) atoms. The Bertz CT molecular complexity index is 1290. The van der Waals surface area contributed by atoms with Crippen LogP contribution in [0.25, 0.3) is 10.9 Å². The van der Waals surface area contributed by atoms with Crippen LogP contribution in [0.1, 0.15) is 32.5 Å². The van der Waals surface area contributed by atoms with Crippen LogP contribution in [0.3, 0.4) is 0 Å². The van der Waals surface area contributed by atoms with Crippen LogP contribution in [0.15, 0.2) is 66.0 Å². The first-order valence-corrected chi connectivity index (χ1v) is 11.0. The summed E-state index contributed by atoms with van der Waals surface area (Å²) in [7, 11) is 1.57. The lowest BCUT2D eigenvalue weighted by Gasteiger charge is -2.18. The number of methoxy groups -OCH3 is 1. The largest absolute Gasteiger partial charge is 0.497 e. The van der Waals surface area contributed by atoms with E-state index in [4.69, 9.17) is 9.47 Å². The van der Waals surface area contributed by atoms with Gasteiger partial charge in [-0.1, -0.05) is 18.2 Å². The third-order valence-electron chi connectivity index (χ3n) is 5.11. The smallest absolute Gasteiger partial charge is 0.340 e. The zero-order valence-electron chi connectivity index (χ0n) is 18.0. The van der Waals surface area contributed by atoms with Crippen LogP contribution in [0.4, 0.5) is 4.39 Å². The molecule has 0 radical (unpaired) electrons. The number of halogens is 1. The van der Waals surface area contributed by atoms with Crippen molar-refractivity contribution < 1.29 is 23.5 Å². The molecule has 2 aromatic heterocycles. The van der Waals surface area contributed by atoms with Crippen molar-refractivity contribution in [1.29, 1.82) is 0 Å². The second-order valence-electron chi connectivity index (χ2n) is 7.32. The number of benzene rings is 2. The van der Waals surface area contributed by atoms with Crippen molar-refractivity contribution in [3.63, 3.8) is 0 Å². The molecule has 0 saturated carbocycles. The van der Waals surface area contributed by atoms with E-state index in [1.54, 1.807) is 50.4 Å². The molecule has 6 nitrogen and oxygen atoms in total. The summed E-state index contributed by atoms with van der Waals surface area (Å²) < 4.78 is 23.8. The summed E-state index contributed by atoms with van der Waals surface area (Å²) in [5, 5.41) is 5.51. The van der Waals surface area contributed by atoms with Crippen LogP contribution >= 0.6 is 11.3 Å². The zero-order chi connectivity index (χ0) is 23.4. The van der Waals surface area contributed by atoms with Crippen LogP contribution in [0, 0.1) is 12.7 Å². The van der Waals surface area contributed by atoms with Crippen molar-refractivity contribution in [2.24, 2.45) is 0 Å². The number of fused-ring (bicyclic) bond motifs is 1. The van der Waals surface area contributed by atoms with E-state index in [1.165, 1.54) is 23.5 Å². The average Bonchev–Trinajstić information content (AvgIpc) is 3.35. The molecule has 0 spiro atoms. The molecule has 0 aliphatic carbocycles. The average molecular weight is 465 g/mol. The van der Waals surface area contributed by atoms with Gasteiger partial charge < -0.3 is 14.8 Å². The molecule has 0 bridgehead atoms. The van der Waals surface area contributed by atoms with Gasteiger partial charge in [-0.25, -0.2) is 9.18 Å². The van der Waals surface area contributed by atoms with Gasteiger partial charge in [-0.3, -0.25) is 9.78 Å². The summed E-state index contributed by atoms with van der Waals surface area (Å²) in [6.07, 6.45) is 0. The number of hydrogen-bond acceptors (Lipinski definition) is 6. The lowest BCUT2D eigenvalue weighted by Crippen LogP contribution is -2.32. The van der Waals surface area contributed by atoms with E-state index in [0.29, 0.717) is 17.0 Å². The van der Waals surface area contributed by atoms with Crippen LogP contribution in [-0.4, -0.2) is 30.6 Å². The summed E-state index contributed by atoms with van der Waals surface area (Å²) in [6, 6.07) is 16.2. The number of nitrogens with one attached hydrogen (secondary N) is 1. The fraction of sp³-hybridized carbons (Fsp3) is 0.160. The molecular weight excluding hydrogens is 443 g/mol. The van der Waals surface area contributed by atoms with E-state index in [0.717, 1.165) is 15.8 Å². The summed E-state index contributed by atoms with van der Waals surface area (Å²) in [4.78, 5) is 30.6. The molecule has 1 N–H and O–H groups in total. The maximum Gasteiger partial charge on any atom is 0.340 e. The Morgan fingerprint density at radius 2 is 1.91 bits per heavy atom. The molecule has 2 aromatic carbocycles. The highest BCUT2D eigenvalue weighted by molar-refractivity contribution is 7.10. The van der Waals surface area contributed by atoms with Gasteiger partial charge >= 0.3 is 5.97 Å². The van der Waals surface area contributed by atoms with Gasteiger partial charge in [0.1, 0.15) is 11.6 Å². The molecule has 168 valence electrons. The molecule has 0 saturated heterocycles. The van der Waals surface area contributed by atoms with E-state index in [-0.39, 0.29) is 11.4 Å². The van der Waals surface area contributed by atoms with Gasteiger partial charge in [0.15, 0.2) is 6.61 Å². The minimum absolute atomic E-state index is 0.286. The topological polar surface area (TPSA) is 77.5 Å². The number of ether oxygens (including phenoxy) is 2. The first kappa shape index (κ1) is 22.4. The Kier molecular flexibility index (Phi) is 6.65. The lowest BCUT2D eigenvalue weighted by molar-refractivity contribution is -0.124. The van der Waals surface area contributed by atoms with Crippen molar-refractivity contribution in [2.75, 3.05) is 13.7 Å². The van der Waals surface area contributed by atoms with E-state index in [1.807, 2.05) is 17.5 Å². The molecule has 2 heterocycles. The molecule has 8 heteroatoms. The molecule has 0 aliphatic heterocycles. The van der Waals surface area contributed by atoms with Gasteiger partial charge in [-0.2, -0.15) is 0 Å². The maximum atomic E-state index is 13.3. The number of carbonyl (C=O) groups is 2. The first-order chi connectivity index (χ1) is 15.9. The van der Waals surface area contributed by atoms with Crippen molar-refractivity contribution in [3.05, 3.63) is 93.6 Å². The van der Waals surface area contributed by atoms with E-state index < -0.39 is 24.5 Å². The summed E-state index contributed by atoms with van der Waals surface area (Å²) in [5.74, 6) is -0.797. The lowest BCUT2D eigenvalue weighted by atomic mass is 10.1. The number of rotatable bonds is 7. The third-order valence-corrected chi connectivity index (χ3v) is 6.04. The minimum Gasteiger partial charge on any atom is -0.497 e. The zero-order valence-corrected chi connectivity index (χ0v) is 18.8. The maximum absolute atomic E-state index is 13.3. The Morgan fingerprint density at radius 3 is 2.61 bits per heavy atom. The molecule has 1 atom stereocenters. The van der Waals surface area contributed by atoms with Crippen molar-refractivity contribution in [3.8, 4) is 5.75 Å². The summed E-state index contributed by atoms with van der Waals surface area (Å²) in [6.45, 7) is 1.25. The number of pyridine rings is 1. The highest BCUT2D eigenvalue weighted by Gasteiger charge is 2.20. The quantitative estimate of drug-likeness (QED) is 0.397. The number of amides is 1. The number of aromatic nitrogens is 1. The van der Waals surface area contributed by atoms with Gasteiger partial charge in [-0.05, 0) is 54.3 Å². The van der Waals surface area contributed by atoms with Gasteiger partial charge in [-0.15, -0.1) is 11.3 Å². The Morgan fingerprint density at radius 1 is 1.12 bits per heavy atom. The Balaban J connectivity index is 1.45. The first-order valence-electron chi connectivity index (χ1n) is 10.2. The van der Waals surface area contributed by atoms with Gasteiger partial charge in [0.05, 0.1) is 29.9 Å². The normalized spacial score (nSPS) is 11.7. The van der Waals surface area contributed by atoms with Crippen molar-refractivity contribution in [1.82, 2.24) is 10.3 Å². The van der Waals surface area contributed by atoms with E-state index in [2.05, 4.69) is 10.3 Å². The van der Waals surface area contributed by atoms with Crippen molar-refractivity contribution in [2.45, 2.75) is 13.0 Å². The number of nitrogens with zero attached hydrogens (tertiary/aromatic N) is 1. The number of hydrogen-bond donors (Lipinski definition) is 1. The highest BCUT2D eigenvalue weighted by Crippen LogP contribution is 2.26. The molecule has 4 aromatic rings. The van der Waals surface area contributed by atoms with E-state index >= 15 is 0 Å². The summed E-state index contributed by atoms with van der Waals surface area (Å²) in [5.41, 5.74) is 2.19. The Hall–Kier alpha value is -3.78. The van der Waals surface area contributed by atoms with Crippen LogP contribution in [0.2, 0.25) is 0 Å². The predicted molar refractivity (Wildman–Crippen MR) is 124 cm³/mol. The summed E-state index contributed by atoms with van der Waals surface area (Å²) >= 11 is 1.47. The number of thiophene rings is 1. The molecule has 4 rings (SSSR count). The van der Waals surface area contributed by atoms with E-state index in [9.17, 15) is 14.0 Å². The number of carbonyl (C=O) groups excluding carboxylic acids is 2. The predicted octanol–water partition coefficient (Wildman–Crippen LogP) is 4.82. The Labute approximate surface area is 194 Å². The molecule has 0 aliphatic rings. The standard InChI is InChI=1S/C25H21FN2O4S/c1-15-20(12-17-7-10-19(31-2)13-21(17)27-15)25(30)32-14-23(29)28-24(22-4-3-11-33-22)16-5-8-18(26)9-6-16/h3-13,24H,14H2,1-2H3,(H,28,29). The van der Waals surface area contributed by atoms with Crippen molar-refractivity contribution >= 4 is 34.1 Å². The highest BCUT2D eigenvalue weighted by atomic mass is 32.1. The second kappa shape index (κ2) is 9.79. The van der Waals surface area contributed by atoms with Crippen LogP contribution in [-0.2, 0) is 9.53 Å². The fourth-order valence-electron chi connectivity index (χ4n) is 3.42. The number of aryl methyl sites for hydroxylation is 1. The van der Waals surface area contributed by atoms with Gasteiger partial charge in [0.2, 0.25) is 0 Å². The SMILES string of the molecule is COc1ccc2cc(C(=O)OCC(=O)NC(c3ccc(F)cc3)c3cccs3)c(C)nc2c1. The molecular formula is C25H21FN2O4S. The minimum atomic E-state index is -0.637. The van der Waals surface area contributed by atoms with Crippen LogP contribution in [0.5, 0.6) is 5.75 Å². The molecule has 0 fully saturated rings. The van der Waals surface area contributed by atoms with Gasteiger partial charge in [0.25, 0.3) is 5.91 Å². The van der Waals surface area contributed by atoms with Gasteiger partial charge in [0, 0.05) is 16.3 Å². The molecule has 1 amide bonds. The molecule has 1 unspecified atom stereocenters.